The molecule has 1 saturated heterocycles. The van der Waals surface area contributed by atoms with Crippen LogP contribution in [0.25, 0.3) is 0 Å². The number of aliphatic imine (C=N–C) groups is 1. The van der Waals surface area contributed by atoms with Gasteiger partial charge in [-0.15, -0.1) is 0 Å². The maximum Gasteiger partial charge on any atom is 0.242 e. The number of hydrogen-bond acceptors (Lipinski definition) is 5. The Balaban J connectivity index is 1.71. The summed E-state index contributed by atoms with van der Waals surface area (Å²) in [5.41, 5.74) is 3.56. The van der Waals surface area contributed by atoms with Crippen LogP contribution < -0.4 is 10.1 Å². The van der Waals surface area contributed by atoms with Crippen LogP contribution in [-0.2, 0) is 9.59 Å². The Hall–Kier alpha value is -2.80. The molecule has 1 fully saturated rings. The molecular weight excluding hydrogens is 398 g/mol. The lowest BCUT2D eigenvalue weighted by molar-refractivity contribution is -0.128. The number of anilines is 1. The van der Waals surface area contributed by atoms with Crippen LogP contribution in [0.4, 0.5) is 11.4 Å². The van der Waals surface area contributed by atoms with Crippen LogP contribution in [0.15, 0.2) is 47.5 Å². The predicted octanol–water partition coefficient (Wildman–Crippen LogP) is 4.68. The van der Waals surface area contributed by atoms with Gasteiger partial charge in [0.05, 0.1) is 12.3 Å². The van der Waals surface area contributed by atoms with E-state index in [1.54, 1.807) is 4.90 Å². The van der Waals surface area contributed by atoms with Crippen molar-refractivity contribution < 1.29 is 14.3 Å². The summed E-state index contributed by atoms with van der Waals surface area (Å²) in [6.07, 6.45) is 0.107. The van der Waals surface area contributed by atoms with E-state index in [9.17, 15) is 9.59 Å². The molecule has 1 aliphatic rings. The van der Waals surface area contributed by atoms with Crippen LogP contribution in [0.5, 0.6) is 5.75 Å². The molecule has 0 spiro atoms. The van der Waals surface area contributed by atoms with Crippen LogP contribution in [0.1, 0.15) is 31.4 Å². The van der Waals surface area contributed by atoms with Crippen LogP contribution in [0.2, 0.25) is 0 Å². The fourth-order valence-corrected chi connectivity index (χ4v) is 4.50. The monoisotopic (exact) mass is 425 g/mol. The van der Waals surface area contributed by atoms with Gasteiger partial charge < -0.3 is 10.1 Å². The standard InChI is InChI=1S/C23H27N3O3S/c1-5-26-22(28)19(14-20(27)25-21-15(3)8-7-9-16(21)4)30-23(26)24-17-10-12-18(13-11-17)29-6-2/h7-13,19H,5-6,14H2,1-4H3,(H,25,27). The van der Waals surface area contributed by atoms with E-state index >= 15 is 0 Å². The highest BCUT2D eigenvalue weighted by molar-refractivity contribution is 8.15. The van der Waals surface area contributed by atoms with Crippen molar-refractivity contribution in [1.29, 1.82) is 0 Å². The molecule has 1 atom stereocenters. The SMILES string of the molecule is CCOc1ccc(N=C2SC(CC(=O)Nc3c(C)cccc3C)C(=O)N2CC)cc1. The van der Waals surface area contributed by atoms with Gasteiger partial charge in [-0.25, -0.2) is 4.99 Å². The largest absolute Gasteiger partial charge is 0.494 e. The number of aryl methyl sites for hydroxylation is 2. The first-order valence-electron chi connectivity index (χ1n) is 10.1. The molecule has 0 radical (unpaired) electrons. The van der Waals surface area contributed by atoms with Crippen LogP contribution in [-0.4, -0.2) is 40.3 Å². The molecule has 6 nitrogen and oxygen atoms in total. The fraction of sp³-hybridized carbons (Fsp3) is 0.348. The van der Waals surface area contributed by atoms with Crippen molar-refractivity contribution in [2.45, 2.75) is 39.4 Å². The molecule has 1 N–H and O–H groups in total. The summed E-state index contributed by atoms with van der Waals surface area (Å²) < 4.78 is 5.45. The van der Waals surface area contributed by atoms with Crippen molar-refractivity contribution in [2.24, 2.45) is 4.99 Å². The van der Waals surface area contributed by atoms with E-state index in [4.69, 9.17) is 4.74 Å². The van der Waals surface area contributed by atoms with Gasteiger partial charge in [-0.2, -0.15) is 0 Å². The Morgan fingerprint density at radius 1 is 1.13 bits per heavy atom. The van der Waals surface area contributed by atoms with E-state index in [2.05, 4.69) is 10.3 Å². The van der Waals surface area contributed by atoms with Gasteiger partial charge in [-0.05, 0) is 63.1 Å². The number of ether oxygens (including phenoxy) is 1. The van der Waals surface area contributed by atoms with Crippen molar-refractivity contribution >= 4 is 40.1 Å². The molecule has 0 aromatic heterocycles. The normalized spacial score (nSPS) is 17.5. The number of para-hydroxylation sites is 1. The molecule has 0 saturated carbocycles. The second kappa shape index (κ2) is 9.80. The van der Waals surface area contributed by atoms with Gasteiger partial charge in [0.1, 0.15) is 11.0 Å². The molecule has 0 aliphatic carbocycles. The maximum absolute atomic E-state index is 12.8. The summed E-state index contributed by atoms with van der Waals surface area (Å²) in [7, 11) is 0. The molecule has 1 unspecified atom stereocenters. The van der Waals surface area contributed by atoms with Gasteiger partial charge in [-0.3, -0.25) is 14.5 Å². The van der Waals surface area contributed by atoms with Gasteiger partial charge in [0.25, 0.3) is 0 Å². The first kappa shape index (κ1) is 21.9. The van der Waals surface area contributed by atoms with Crippen molar-refractivity contribution in [3.8, 4) is 5.75 Å². The van der Waals surface area contributed by atoms with Gasteiger partial charge in [0.2, 0.25) is 11.8 Å². The Bertz CT molecular complexity index is 936. The number of amides is 2. The number of thioether (sulfide) groups is 1. The highest BCUT2D eigenvalue weighted by Crippen LogP contribution is 2.32. The van der Waals surface area contributed by atoms with Crippen LogP contribution in [0, 0.1) is 13.8 Å². The molecule has 0 bridgehead atoms. The average molecular weight is 426 g/mol. The molecule has 1 heterocycles. The van der Waals surface area contributed by atoms with Gasteiger partial charge in [0.15, 0.2) is 5.17 Å². The highest BCUT2D eigenvalue weighted by atomic mass is 32.2. The highest BCUT2D eigenvalue weighted by Gasteiger charge is 2.38. The Morgan fingerprint density at radius 2 is 1.80 bits per heavy atom. The summed E-state index contributed by atoms with van der Waals surface area (Å²) in [6, 6.07) is 13.3. The lowest BCUT2D eigenvalue weighted by Gasteiger charge is -2.14. The lowest BCUT2D eigenvalue weighted by Crippen LogP contribution is -2.33. The third-order valence-electron chi connectivity index (χ3n) is 4.83. The topological polar surface area (TPSA) is 71.0 Å². The number of benzene rings is 2. The van der Waals surface area contributed by atoms with E-state index in [1.807, 2.05) is 70.2 Å². The molecular formula is C23H27N3O3S. The zero-order valence-corrected chi connectivity index (χ0v) is 18.6. The summed E-state index contributed by atoms with van der Waals surface area (Å²) in [5, 5.41) is 3.11. The van der Waals surface area contributed by atoms with E-state index in [-0.39, 0.29) is 18.2 Å². The minimum Gasteiger partial charge on any atom is -0.494 e. The molecule has 30 heavy (non-hydrogen) atoms. The number of rotatable bonds is 7. The molecule has 2 aromatic carbocycles. The number of hydrogen-bond donors (Lipinski definition) is 1. The quantitative estimate of drug-likeness (QED) is 0.699. The number of carbonyl (C=O) groups excluding carboxylic acids is 2. The third-order valence-corrected chi connectivity index (χ3v) is 6.00. The van der Waals surface area contributed by atoms with Crippen molar-refractivity contribution in [3.05, 3.63) is 53.6 Å². The van der Waals surface area contributed by atoms with Crippen molar-refractivity contribution in [1.82, 2.24) is 4.90 Å². The van der Waals surface area contributed by atoms with Crippen LogP contribution in [0.3, 0.4) is 0 Å². The summed E-state index contributed by atoms with van der Waals surface area (Å²) >= 11 is 1.34. The smallest absolute Gasteiger partial charge is 0.242 e. The second-order valence-corrected chi connectivity index (χ2v) is 8.20. The van der Waals surface area contributed by atoms with E-state index in [1.165, 1.54) is 11.8 Å². The third kappa shape index (κ3) is 5.02. The molecule has 2 aromatic rings. The zero-order valence-electron chi connectivity index (χ0n) is 17.8. The number of nitrogens with zero attached hydrogens (tertiary/aromatic N) is 2. The average Bonchev–Trinajstić information content (AvgIpc) is 3.00. The molecule has 1 aliphatic heterocycles. The second-order valence-electron chi connectivity index (χ2n) is 7.03. The van der Waals surface area contributed by atoms with E-state index in [0.717, 1.165) is 28.3 Å². The number of amidine groups is 1. The lowest BCUT2D eigenvalue weighted by atomic mass is 10.1. The van der Waals surface area contributed by atoms with Crippen molar-refractivity contribution in [2.75, 3.05) is 18.5 Å². The summed E-state index contributed by atoms with van der Waals surface area (Å²) in [6.45, 7) is 8.87. The number of carbonyl (C=O) groups is 2. The first-order valence-corrected chi connectivity index (χ1v) is 11.0. The summed E-state index contributed by atoms with van der Waals surface area (Å²) in [5.74, 6) is 0.533. The van der Waals surface area contributed by atoms with Gasteiger partial charge >= 0.3 is 0 Å². The molecule has 7 heteroatoms. The summed E-state index contributed by atoms with van der Waals surface area (Å²) in [4.78, 5) is 31.7. The molecule has 158 valence electrons. The first-order chi connectivity index (χ1) is 14.4. The van der Waals surface area contributed by atoms with Gasteiger partial charge in [-0.1, -0.05) is 30.0 Å². The Morgan fingerprint density at radius 3 is 2.40 bits per heavy atom. The van der Waals surface area contributed by atoms with Crippen LogP contribution >= 0.6 is 11.8 Å². The zero-order chi connectivity index (χ0) is 21.7. The molecule has 2 amide bonds. The maximum atomic E-state index is 12.8. The van der Waals surface area contributed by atoms with E-state index in [0.29, 0.717) is 18.3 Å². The van der Waals surface area contributed by atoms with Crippen molar-refractivity contribution in [3.63, 3.8) is 0 Å². The Kier molecular flexibility index (Phi) is 7.15. The van der Waals surface area contributed by atoms with E-state index < -0.39 is 5.25 Å². The van der Waals surface area contributed by atoms with Gasteiger partial charge in [0, 0.05) is 18.7 Å². The Labute approximate surface area is 181 Å². The minimum absolute atomic E-state index is 0.0798. The molecule has 3 rings (SSSR count). The predicted molar refractivity (Wildman–Crippen MR) is 123 cm³/mol. The number of nitrogens with one attached hydrogen (secondary N) is 1. The minimum atomic E-state index is -0.476. The fourth-order valence-electron chi connectivity index (χ4n) is 3.28.